The summed E-state index contributed by atoms with van der Waals surface area (Å²) in [5, 5.41) is 19.8. The van der Waals surface area contributed by atoms with Crippen molar-refractivity contribution in [3.63, 3.8) is 0 Å². The molecule has 3 N–H and O–H groups in total. The number of aryl methyl sites for hydroxylation is 1. The molecule has 0 saturated heterocycles. The number of nitrogens with one attached hydrogen (secondary N) is 2. The normalized spacial score (nSPS) is 17.5. The Morgan fingerprint density at radius 2 is 1.62 bits per heavy atom. The van der Waals surface area contributed by atoms with Gasteiger partial charge < -0.3 is 24.6 Å². The van der Waals surface area contributed by atoms with Crippen LogP contribution in [0.15, 0.2) is 65.8 Å². The third kappa shape index (κ3) is 4.83. The van der Waals surface area contributed by atoms with Crippen LogP contribution < -0.4 is 20.2 Å². The fraction of sp³-hybridized carbons (Fsp3) is 0.222. The molecule has 0 bridgehead atoms. The molecule has 0 saturated carbocycles. The average molecular weight is 524 g/mol. The predicted octanol–water partition coefficient (Wildman–Crippen LogP) is 4.35. The summed E-state index contributed by atoms with van der Waals surface area (Å²) in [5.41, 5.74) is 2.89. The van der Waals surface area contributed by atoms with Crippen molar-refractivity contribution in [3.8, 4) is 11.5 Å². The van der Waals surface area contributed by atoms with Crippen LogP contribution in [0, 0.1) is 6.92 Å². The van der Waals surface area contributed by atoms with Crippen LogP contribution in [0.5, 0.6) is 11.5 Å². The Labute approximate surface area is 219 Å². The molecule has 0 unspecified atom stereocenters. The number of benzene rings is 3. The van der Waals surface area contributed by atoms with Crippen molar-refractivity contribution in [2.75, 3.05) is 26.6 Å². The standard InChI is InChI=1S/C27H26ClN3O6/c1-15-13-18(28)14-21-23(15)29-25(32)27(21,34)22(16-5-9-19(35-2)10-6-16)24(30-31-26(33)37-4)17-7-11-20(36-3)12-8-17/h5-14,22,34H,1-4H3,(H,29,32)(H,31,33)/b30-24+/t22-,27+/m0/s1. The second-order valence-electron chi connectivity index (χ2n) is 8.40. The summed E-state index contributed by atoms with van der Waals surface area (Å²) in [6.07, 6.45) is -0.818. The van der Waals surface area contributed by atoms with Crippen molar-refractivity contribution in [2.24, 2.45) is 5.10 Å². The van der Waals surface area contributed by atoms with Gasteiger partial charge in [-0.2, -0.15) is 5.10 Å². The number of rotatable bonds is 7. The summed E-state index contributed by atoms with van der Waals surface area (Å²) in [5.74, 6) is -0.577. The SMILES string of the molecule is COC(=O)N/N=C(\c1ccc(OC)cc1)[C@H](c1ccc(OC)cc1)[C@@]1(O)C(=O)Nc2c(C)cc(Cl)cc21. The molecule has 0 spiro atoms. The number of hydrogen-bond acceptors (Lipinski definition) is 7. The molecule has 1 aliphatic rings. The molecule has 3 aromatic carbocycles. The second kappa shape index (κ2) is 10.5. The van der Waals surface area contributed by atoms with Crippen LogP contribution >= 0.6 is 11.6 Å². The van der Waals surface area contributed by atoms with E-state index in [4.69, 9.17) is 25.8 Å². The van der Waals surface area contributed by atoms with Crippen LogP contribution in [0.4, 0.5) is 10.5 Å². The molecule has 2 amide bonds. The van der Waals surface area contributed by atoms with Crippen molar-refractivity contribution in [1.82, 2.24) is 5.43 Å². The van der Waals surface area contributed by atoms with Crippen molar-refractivity contribution >= 4 is 35.0 Å². The maximum Gasteiger partial charge on any atom is 0.427 e. The second-order valence-corrected chi connectivity index (χ2v) is 8.84. The number of hydrazone groups is 1. The number of carbonyl (C=O) groups is 2. The number of methoxy groups -OCH3 is 3. The van der Waals surface area contributed by atoms with E-state index in [1.54, 1.807) is 67.6 Å². The fourth-order valence-electron chi connectivity index (χ4n) is 4.43. The summed E-state index contributed by atoms with van der Waals surface area (Å²) < 4.78 is 15.3. The van der Waals surface area contributed by atoms with E-state index < -0.39 is 23.5 Å². The van der Waals surface area contributed by atoms with Crippen molar-refractivity contribution < 1.29 is 28.9 Å². The molecule has 4 rings (SSSR count). The maximum atomic E-state index is 13.6. The van der Waals surface area contributed by atoms with Crippen LogP contribution in [-0.4, -0.2) is 44.1 Å². The van der Waals surface area contributed by atoms with Gasteiger partial charge in [0.25, 0.3) is 5.91 Å². The van der Waals surface area contributed by atoms with E-state index in [0.717, 1.165) is 0 Å². The average Bonchev–Trinajstić information content (AvgIpc) is 3.17. The molecular weight excluding hydrogens is 498 g/mol. The van der Waals surface area contributed by atoms with Crippen molar-refractivity contribution in [3.05, 3.63) is 87.9 Å². The highest BCUT2D eigenvalue weighted by Crippen LogP contribution is 2.49. The molecular formula is C27H26ClN3O6. The van der Waals surface area contributed by atoms with Crippen LogP contribution in [0.2, 0.25) is 5.02 Å². The third-order valence-electron chi connectivity index (χ3n) is 6.27. The first-order chi connectivity index (χ1) is 17.7. The number of fused-ring (bicyclic) bond motifs is 1. The molecule has 0 radical (unpaired) electrons. The Bertz CT molecular complexity index is 1360. The Hall–Kier alpha value is -4.08. The molecule has 1 aliphatic heterocycles. The van der Waals surface area contributed by atoms with Crippen molar-refractivity contribution in [2.45, 2.75) is 18.4 Å². The Balaban J connectivity index is 2.00. The van der Waals surface area contributed by atoms with Crippen LogP contribution in [0.1, 0.15) is 28.2 Å². The van der Waals surface area contributed by atoms with E-state index in [-0.39, 0.29) is 5.71 Å². The van der Waals surface area contributed by atoms with Gasteiger partial charge in [-0.3, -0.25) is 4.79 Å². The topological polar surface area (TPSA) is 118 Å². The molecule has 9 nitrogen and oxygen atoms in total. The summed E-state index contributed by atoms with van der Waals surface area (Å²) >= 11 is 6.36. The summed E-state index contributed by atoms with van der Waals surface area (Å²) in [7, 11) is 4.28. The Morgan fingerprint density at radius 3 is 2.19 bits per heavy atom. The van der Waals surface area contributed by atoms with E-state index in [0.29, 0.717) is 44.5 Å². The van der Waals surface area contributed by atoms with Gasteiger partial charge in [-0.25, -0.2) is 10.2 Å². The van der Waals surface area contributed by atoms with Gasteiger partial charge in [0.05, 0.1) is 38.6 Å². The number of halogens is 1. The monoisotopic (exact) mass is 523 g/mol. The van der Waals surface area contributed by atoms with Gasteiger partial charge in [-0.15, -0.1) is 0 Å². The minimum absolute atomic E-state index is 0.196. The Kier molecular flexibility index (Phi) is 7.37. The van der Waals surface area contributed by atoms with Gasteiger partial charge in [0.1, 0.15) is 11.5 Å². The minimum atomic E-state index is -2.14. The third-order valence-corrected chi connectivity index (χ3v) is 6.49. The first-order valence-corrected chi connectivity index (χ1v) is 11.6. The molecule has 10 heteroatoms. The molecule has 37 heavy (non-hydrogen) atoms. The summed E-state index contributed by atoms with van der Waals surface area (Å²) in [6.45, 7) is 1.79. The van der Waals surface area contributed by atoms with E-state index in [2.05, 4.69) is 15.8 Å². The van der Waals surface area contributed by atoms with E-state index in [1.165, 1.54) is 21.3 Å². The number of ether oxygens (including phenoxy) is 3. The quantitative estimate of drug-likeness (QED) is 0.313. The molecule has 1 heterocycles. The predicted molar refractivity (Wildman–Crippen MR) is 140 cm³/mol. The van der Waals surface area contributed by atoms with E-state index in [9.17, 15) is 14.7 Å². The van der Waals surface area contributed by atoms with Crippen molar-refractivity contribution in [1.29, 1.82) is 0 Å². The lowest BCUT2D eigenvalue weighted by Crippen LogP contribution is -2.44. The van der Waals surface area contributed by atoms with Gasteiger partial charge in [0.2, 0.25) is 0 Å². The first-order valence-electron chi connectivity index (χ1n) is 11.3. The number of nitrogens with zero attached hydrogens (tertiary/aromatic N) is 1. The lowest BCUT2D eigenvalue weighted by atomic mass is 9.73. The van der Waals surface area contributed by atoms with Gasteiger partial charge in [0.15, 0.2) is 5.60 Å². The zero-order valence-electron chi connectivity index (χ0n) is 20.7. The lowest BCUT2D eigenvalue weighted by molar-refractivity contribution is -0.134. The highest BCUT2D eigenvalue weighted by Gasteiger charge is 2.54. The van der Waals surface area contributed by atoms with E-state index >= 15 is 0 Å². The smallest absolute Gasteiger partial charge is 0.427 e. The lowest BCUT2D eigenvalue weighted by Gasteiger charge is -2.33. The molecule has 0 fully saturated rings. The number of hydrogen-bond donors (Lipinski definition) is 3. The highest BCUT2D eigenvalue weighted by atomic mass is 35.5. The van der Waals surface area contributed by atoms with E-state index in [1.807, 2.05) is 0 Å². The highest BCUT2D eigenvalue weighted by molar-refractivity contribution is 6.31. The number of carbonyl (C=O) groups excluding carboxylic acids is 2. The summed E-state index contributed by atoms with van der Waals surface area (Å²) in [4.78, 5) is 25.6. The Morgan fingerprint density at radius 1 is 1.03 bits per heavy atom. The van der Waals surface area contributed by atoms with Gasteiger partial charge >= 0.3 is 6.09 Å². The van der Waals surface area contributed by atoms with Crippen LogP contribution in [-0.2, 0) is 15.1 Å². The van der Waals surface area contributed by atoms with Gasteiger partial charge in [0, 0.05) is 10.6 Å². The van der Waals surface area contributed by atoms with Crippen LogP contribution in [0.3, 0.4) is 0 Å². The summed E-state index contributed by atoms with van der Waals surface area (Å²) in [6, 6.07) is 17.0. The largest absolute Gasteiger partial charge is 0.497 e. The maximum absolute atomic E-state index is 13.6. The molecule has 2 atom stereocenters. The minimum Gasteiger partial charge on any atom is -0.497 e. The zero-order chi connectivity index (χ0) is 26.7. The number of amides is 2. The fourth-order valence-corrected chi connectivity index (χ4v) is 4.70. The van der Waals surface area contributed by atoms with Crippen LogP contribution in [0.25, 0.3) is 0 Å². The van der Waals surface area contributed by atoms with Gasteiger partial charge in [-0.1, -0.05) is 23.7 Å². The number of anilines is 1. The number of aliphatic hydroxyl groups is 1. The molecule has 0 aromatic heterocycles. The first kappa shape index (κ1) is 26.0. The molecule has 0 aliphatic carbocycles. The molecule has 192 valence electrons. The zero-order valence-corrected chi connectivity index (χ0v) is 21.4. The molecule has 3 aromatic rings. The van der Waals surface area contributed by atoms with Gasteiger partial charge in [-0.05, 0) is 72.1 Å².